The van der Waals surface area contributed by atoms with Gasteiger partial charge in [0.2, 0.25) is 0 Å². The topological polar surface area (TPSA) is 160 Å². The molecular formula is C45H71O10P. The van der Waals surface area contributed by atoms with Crippen molar-refractivity contribution in [2.75, 3.05) is 13.2 Å². The van der Waals surface area contributed by atoms with Crippen LogP contribution in [0.25, 0.3) is 0 Å². The summed E-state index contributed by atoms with van der Waals surface area (Å²) in [6.45, 7) is 3.21. The van der Waals surface area contributed by atoms with Crippen molar-refractivity contribution in [2.24, 2.45) is 0 Å². The largest absolute Gasteiger partial charge is 0.469 e. The standard InChI is InChI=1S/C45H71O10P/c1-3-5-7-9-11-13-15-17-18-19-20-21-22-23-25-27-29-31-33-37-45(49)55-41(40-54-56(50,51)52)39-53-44(48)38-34-36-43(47)42(46)35-32-30-28-26-24-16-14-12-10-8-6-4-2/h5,7,11-14,17-18,20-21,23-26,29-32,41-43,46-47H,3-4,6,8-10,15-16,19,22,27-28,33-40H2,1-2H3,(H2,50,51,52)/b7-5-,13-11-,14-12-,18-17-,21-20-,25-23-,26-24-,31-29-,32-30-/t41-,42?,43?/m1/s1. The van der Waals surface area contributed by atoms with E-state index in [0.29, 0.717) is 12.8 Å². The average Bonchev–Trinajstić information content (AvgIpc) is 3.16. The zero-order valence-electron chi connectivity index (χ0n) is 34.0. The Kier molecular flexibility index (Phi) is 36.2. The van der Waals surface area contributed by atoms with Gasteiger partial charge >= 0.3 is 19.8 Å². The minimum Gasteiger partial charge on any atom is -0.462 e. The Balaban J connectivity index is 4.33. The van der Waals surface area contributed by atoms with Crippen molar-refractivity contribution in [3.8, 4) is 0 Å². The van der Waals surface area contributed by atoms with E-state index in [-0.39, 0.29) is 32.1 Å². The summed E-state index contributed by atoms with van der Waals surface area (Å²) in [5.41, 5.74) is 0. The highest BCUT2D eigenvalue weighted by molar-refractivity contribution is 7.46. The first-order chi connectivity index (χ1) is 27.1. The minimum atomic E-state index is -4.85. The molecule has 0 saturated carbocycles. The summed E-state index contributed by atoms with van der Waals surface area (Å²) in [7, 11) is -4.85. The summed E-state index contributed by atoms with van der Waals surface area (Å²) in [5, 5.41) is 20.5. The van der Waals surface area contributed by atoms with Crippen molar-refractivity contribution in [3.63, 3.8) is 0 Å². The van der Waals surface area contributed by atoms with Crippen LogP contribution in [0.3, 0.4) is 0 Å². The van der Waals surface area contributed by atoms with E-state index in [9.17, 15) is 24.4 Å². The van der Waals surface area contributed by atoms with E-state index in [0.717, 1.165) is 51.4 Å². The third-order valence-corrected chi connectivity index (χ3v) is 8.48. The second-order valence-corrected chi connectivity index (χ2v) is 14.4. The number of hydrogen-bond acceptors (Lipinski definition) is 8. The van der Waals surface area contributed by atoms with Crippen LogP contribution in [0.5, 0.6) is 0 Å². The van der Waals surface area contributed by atoms with E-state index < -0.39 is 51.3 Å². The van der Waals surface area contributed by atoms with Crippen LogP contribution in [0.15, 0.2) is 109 Å². The Labute approximate surface area is 337 Å². The molecule has 0 aliphatic rings. The Bertz CT molecular complexity index is 1300. The van der Waals surface area contributed by atoms with Crippen LogP contribution in [0, 0.1) is 0 Å². The lowest BCUT2D eigenvalue weighted by molar-refractivity contribution is -0.161. The van der Waals surface area contributed by atoms with Gasteiger partial charge in [-0.25, -0.2) is 4.57 Å². The lowest BCUT2D eigenvalue weighted by atomic mass is 10.0. The lowest BCUT2D eigenvalue weighted by Crippen LogP contribution is -2.29. The van der Waals surface area contributed by atoms with Gasteiger partial charge in [-0.1, -0.05) is 136 Å². The van der Waals surface area contributed by atoms with Gasteiger partial charge in [0, 0.05) is 12.8 Å². The number of unbranched alkanes of at least 4 members (excludes halogenated alkanes) is 3. The zero-order valence-corrected chi connectivity index (χ0v) is 34.8. The Morgan fingerprint density at radius 1 is 0.554 bits per heavy atom. The molecule has 56 heavy (non-hydrogen) atoms. The SMILES string of the molecule is CC/C=C\C/C=C\C/C=C\C/C=C\C/C=C\C/C=C\CCC(=O)O[C@H](COC(=O)CCCC(O)C(O)C/C=C\C/C=C\C/C=C\CCCCC)COP(=O)(O)O. The van der Waals surface area contributed by atoms with Crippen molar-refractivity contribution in [1.29, 1.82) is 0 Å². The third kappa shape index (κ3) is 38.9. The molecule has 0 radical (unpaired) electrons. The maximum absolute atomic E-state index is 12.4. The van der Waals surface area contributed by atoms with Crippen LogP contribution in [-0.4, -0.2) is 63.5 Å². The molecule has 0 aliphatic carbocycles. The number of carbonyl (C=O) groups is 2. The van der Waals surface area contributed by atoms with Gasteiger partial charge < -0.3 is 29.5 Å². The number of rotatable bonds is 35. The van der Waals surface area contributed by atoms with Crippen LogP contribution in [-0.2, 0) is 28.2 Å². The molecule has 0 rings (SSSR count). The Hall–Kier alpha value is -3.37. The van der Waals surface area contributed by atoms with Crippen LogP contribution in [0.1, 0.15) is 129 Å². The number of hydrogen-bond donors (Lipinski definition) is 4. The highest BCUT2D eigenvalue weighted by atomic mass is 31.2. The molecule has 0 fully saturated rings. The molecule has 0 heterocycles. The number of carbonyl (C=O) groups excluding carboxylic acids is 2. The molecule has 0 bridgehead atoms. The molecule has 0 aromatic carbocycles. The lowest BCUT2D eigenvalue weighted by Gasteiger charge is -2.19. The molecule has 316 valence electrons. The summed E-state index contributed by atoms with van der Waals surface area (Å²) in [5.74, 6) is -1.28. The van der Waals surface area contributed by atoms with Gasteiger partial charge in [-0.15, -0.1) is 0 Å². The highest BCUT2D eigenvalue weighted by Gasteiger charge is 2.23. The summed E-state index contributed by atoms with van der Waals surface area (Å²) in [6.07, 6.45) is 47.1. The second-order valence-electron chi connectivity index (χ2n) is 13.2. The normalized spacial score (nSPS) is 14.8. The molecule has 0 saturated heterocycles. The second kappa shape index (κ2) is 38.5. The van der Waals surface area contributed by atoms with Crippen molar-refractivity contribution in [2.45, 2.75) is 148 Å². The fourth-order valence-corrected chi connectivity index (χ4v) is 5.21. The summed E-state index contributed by atoms with van der Waals surface area (Å²) >= 11 is 0. The molecule has 11 heteroatoms. The molecule has 0 aromatic rings. The number of aliphatic hydroxyl groups excluding tert-OH is 2. The average molecular weight is 803 g/mol. The fourth-order valence-electron chi connectivity index (χ4n) is 4.85. The molecule has 0 aromatic heterocycles. The van der Waals surface area contributed by atoms with Gasteiger partial charge in [-0.3, -0.25) is 14.1 Å². The molecule has 0 amide bonds. The molecule has 3 atom stereocenters. The maximum Gasteiger partial charge on any atom is 0.469 e. The van der Waals surface area contributed by atoms with E-state index in [1.807, 2.05) is 30.4 Å². The Morgan fingerprint density at radius 3 is 1.54 bits per heavy atom. The smallest absolute Gasteiger partial charge is 0.462 e. The predicted molar refractivity (Wildman–Crippen MR) is 228 cm³/mol. The van der Waals surface area contributed by atoms with E-state index in [1.165, 1.54) is 19.3 Å². The molecule has 0 aliphatic heterocycles. The fraction of sp³-hybridized carbons (Fsp3) is 0.556. The number of esters is 2. The van der Waals surface area contributed by atoms with Crippen LogP contribution >= 0.6 is 7.82 Å². The van der Waals surface area contributed by atoms with E-state index in [2.05, 4.69) is 97.4 Å². The van der Waals surface area contributed by atoms with E-state index >= 15 is 0 Å². The molecule has 10 nitrogen and oxygen atoms in total. The first-order valence-corrected chi connectivity index (χ1v) is 21.9. The first kappa shape index (κ1) is 52.6. The van der Waals surface area contributed by atoms with Gasteiger partial charge in [0.15, 0.2) is 6.10 Å². The molecular weight excluding hydrogens is 731 g/mol. The number of phosphoric acid groups is 1. The molecule has 0 spiro atoms. The highest BCUT2D eigenvalue weighted by Crippen LogP contribution is 2.36. The summed E-state index contributed by atoms with van der Waals surface area (Å²) in [6, 6.07) is 0. The maximum atomic E-state index is 12.4. The Morgan fingerprint density at radius 2 is 1.04 bits per heavy atom. The van der Waals surface area contributed by atoms with Crippen molar-refractivity contribution < 1.29 is 48.2 Å². The quantitative estimate of drug-likeness (QED) is 0.0210. The molecule has 4 N–H and O–H groups in total. The van der Waals surface area contributed by atoms with Gasteiger partial charge in [-0.2, -0.15) is 0 Å². The van der Waals surface area contributed by atoms with Gasteiger partial charge in [0.1, 0.15) is 6.61 Å². The number of ether oxygens (including phenoxy) is 2. The number of phosphoric ester groups is 1. The van der Waals surface area contributed by atoms with Crippen molar-refractivity contribution in [1.82, 2.24) is 0 Å². The number of allylic oxidation sites excluding steroid dienone is 17. The van der Waals surface area contributed by atoms with Gasteiger partial charge in [-0.05, 0) is 89.9 Å². The third-order valence-electron chi connectivity index (χ3n) is 7.99. The van der Waals surface area contributed by atoms with E-state index in [1.54, 1.807) is 0 Å². The molecule has 2 unspecified atom stereocenters. The first-order valence-electron chi connectivity index (χ1n) is 20.3. The van der Waals surface area contributed by atoms with Gasteiger partial charge in [0.05, 0.1) is 18.8 Å². The monoisotopic (exact) mass is 802 g/mol. The van der Waals surface area contributed by atoms with Gasteiger partial charge in [0.25, 0.3) is 0 Å². The van der Waals surface area contributed by atoms with Crippen LogP contribution in [0.2, 0.25) is 0 Å². The minimum absolute atomic E-state index is 0.0193. The van der Waals surface area contributed by atoms with E-state index in [4.69, 9.17) is 19.3 Å². The zero-order chi connectivity index (χ0) is 41.4. The summed E-state index contributed by atoms with van der Waals surface area (Å²) < 4.78 is 26.1. The van der Waals surface area contributed by atoms with Crippen LogP contribution < -0.4 is 0 Å². The van der Waals surface area contributed by atoms with Crippen molar-refractivity contribution in [3.05, 3.63) is 109 Å². The number of aliphatic hydroxyl groups is 2. The van der Waals surface area contributed by atoms with Crippen LogP contribution in [0.4, 0.5) is 0 Å². The van der Waals surface area contributed by atoms with Crippen molar-refractivity contribution >= 4 is 19.8 Å². The predicted octanol–water partition coefficient (Wildman–Crippen LogP) is 10.3. The summed E-state index contributed by atoms with van der Waals surface area (Å²) in [4.78, 5) is 42.8.